The predicted molar refractivity (Wildman–Crippen MR) is 104 cm³/mol. The summed E-state index contributed by atoms with van der Waals surface area (Å²) < 4.78 is 0. The molecule has 1 heterocycles. The van der Waals surface area contributed by atoms with Crippen LogP contribution in [0.2, 0.25) is 0 Å². The number of aryl methyl sites for hydroxylation is 1. The minimum absolute atomic E-state index is 0.538. The summed E-state index contributed by atoms with van der Waals surface area (Å²) in [4.78, 5) is 14.3. The normalized spacial score (nSPS) is 11.3. The maximum atomic E-state index is 11.0. The van der Waals surface area contributed by atoms with Crippen LogP contribution in [0.4, 0.5) is 0 Å². The predicted octanol–water partition coefficient (Wildman–Crippen LogP) is 3.33. The Hall–Kier alpha value is -2.89. The van der Waals surface area contributed by atoms with E-state index in [1.807, 2.05) is 30.5 Å². The number of aromatic amines is 1. The minimum atomic E-state index is -0.538. The molecule has 1 aromatic heterocycles. The molecule has 3 rings (SSSR count). The highest BCUT2D eigenvalue weighted by Gasteiger charge is 2.01. The third-order valence-electron chi connectivity index (χ3n) is 4.39. The SMILES string of the molecule is Cc1c[nH]c2cc(CCNCc3ccc(/C=C/C(=O)NO)cc3)ccc12. The third-order valence-corrected chi connectivity index (χ3v) is 4.39. The topological polar surface area (TPSA) is 77.2 Å². The monoisotopic (exact) mass is 349 g/mol. The Morgan fingerprint density at radius 3 is 2.69 bits per heavy atom. The van der Waals surface area contributed by atoms with Gasteiger partial charge in [-0.2, -0.15) is 0 Å². The number of benzene rings is 2. The number of H-pyrrole nitrogens is 1. The first kappa shape index (κ1) is 17.9. The van der Waals surface area contributed by atoms with Crippen molar-refractivity contribution in [3.63, 3.8) is 0 Å². The maximum absolute atomic E-state index is 11.0. The summed E-state index contributed by atoms with van der Waals surface area (Å²) in [5.41, 5.74) is 7.45. The molecule has 0 bridgehead atoms. The number of carbonyl (C=O) groups excluding carboxylic acids is 1. The van der Waals surface area contributed by atoms with Crippen LogP contribution in [0.25, 0.3) is 17.0 Å². The van der Waals surface area contributed by atoms with E-state index in [9.17, 15) is 4.79 Å². The molecule has 0 unspecified atom stereocenters. The molecule has 5 nitrogen and oxygen atoms in total. The van der Waals surface area contributed by atoms with E-state index < -0.39 is 5.91 Å². The zero-order chi connectivity index (χ0) is 18.4. The van der Waals surface area contributed by atoms with Crippen LogP contribution < -0.4 is 10.8 Å². The van der Waals surface area contributed by atoms with Crippen LogP contribution in [-0.2, 0) is 17.8 Å². The van der Waals surface area contributed by atoms with Crippen molar-refractivity contribution in [2.75, 3.05) is 6.54 Å². The molecule has 0 spiro atoms. The molecule has 2 aromatic carbocycles. The summed E-state index contributed by atoms with van der Waals surface area (Å²) in [6.07, 6.45) is 5.96. The highest BCUT2D eigenvalue weighted by Crippen LogP contribution is 2.18. The van der Waals surface area contributed by atoms with Crippen LogP contribution in [0.5, 0.6) is 0 Å². The van der Waals surface area contributed by atoms with Crippen molar-refractivity contribution < 1.29 is 10.0 Å². The molecule has 1 amide bonds. The van der Waals surface area contributed by atoms with Crippen LogP contribution in [0, 0.1) is 6.92 Å². The lowest BCUT2D eigenvalue weighted by molar-refractivity contribution is -0.124. The van der Waals surface area contributed by atoms with Crippen molar-refractivity contribution >= 4 is 22.9 Å². The number of hydrogen-bond donors (Lipinski definition) is 4. The fourth-order valence-corrected chi connectivity index (χ4v) is 2.90. The van der Waals surface area contributed by atoms with Crippen molar-refractivity contribution in [1.29, 1.82) is 0 Å². The second kappa shape index (κ2) is 8.47. The van der Waals surface area contributed by atoms with Crippen LogP contribution in [0.3, 0.4) is 0 Å². The van der Waals surface area contributed by atoms with Gasteiger partial charge in [0.2, 0.25) is 0 Å². The fraction of sp³-hybridized carbons (Fsp3) is 0.190. The number of amides is 1. The van der Waals surface area contributed by atoms with Crippen molar-refractivity contribution in [2.45, 2.75) is 19.9 Å². The zero-order valence-electron chi connectivity index (χ0n) is 14.8. The quantitative estimate of drug-likeness (QED) is 0.229. The Bertz CT molecular complexity index is 911. The van der Waals surface area contributed by atoms with Gasteiger partial charge in [0, 0.05) is 29.7 Å². The van der Waals surface area contributed by atoms with Crippen molar-refractivity contribution in [2.24, 2.45) is 0 Å². The minimum Gasteiger partial charge on any atom is -0.361 e. The second-order valence-electron chi connectivity index (χ2n) is 6.33. The molecule has 0 saturated carbocycles. The smallest absolute Gasteiger partial charge is 0.267 e. The van der Waals surface area contributed by atoms with Crippen LogP contribution in [0.1, 0.15) is 22.3 Å². The number of carbonyl (C=O) groups is 1. The molecule has 134 valence electrons. The summed E-state index contributed by atoms with van der Waals surface area (Å²) in [5.74, 6) is -0.538. The molecular formula is C21H23N3O2. The first-order valence-electron chi connectivity index (χ1n) is 8.64. The van der Waals surface area contributed by atoms with E-state index in [4.69, 9.17) is 5.21 Å². The summed E-state index contributed by atoms with van der Waals surface area (Å²) >= 11 is 0. The average molecular weight is 349 g/mol. The lowest BCUT2D eigenvalue weighted by Gasteiger charge is -2.06. The molecule has 0 radical (unpaired) electrons. The molecule has 4 N–H and O–H groups in total. The Kier molecular flexibility index (Phi) is 5.84. The fourth-order valence-electron chi connectivity index (χ4n) is 2.90. The molecular weight excluding hydrogens is 326 g/mol. The molecule has 0 saturated heterocycles. The van der Waals surface area contributed by atoms with Crippen LogP contribution in [0.15, 0.2) is 54.7 Å². The van der Waals surface area contributed by atoms with Gasteiger partial charge >= 0.3 is 0 Å². The van der Waals surface area contributed by atoms with Gasteiger partial charge in [-0.3, -0.25) is 10.0 Å². The number of aromatic nitrogens is 1. The van der Waals surface area contributed by atoms with Gasteiger partial charge in [-0.05, 0) is 54.3 Å². The number of hydrogen-bond acceptors (Lipinski definition) is 3. The molecule has 0 fully saturated rings. The number of nitrogens with one attached hydrogen (secondary N) is 3. The van der Waals surface area contributed by atoms with E-state index in [0.29, 0.717) is 0 Å². The largest absolute Gasteiger partial charge is 0.361 e. The highest BCUT2D eigenvalue weighted by atomic mass is 16.5. The zero-order valence-corrected chi connectivity index (χ0v) is 14.8. The molecule has 5 heteroatoms. The maximum Gasteiger partial charge on any atom is 0.267 e. The van der Waals surface area contributed by atoms with Crippen LogP contribution in [-0.4, -0.2) is 22.6 Å². The van der Waals surface area contributed by atoms with Crippen LogP contribution >= 0.6 is 0 Å². The van der Waals surface area contributed by atoms with E-state index in [1.54, 1.807) is 11.6 Å². The van der Waals surface area contributed by atoms with E-state index in [2.05, 4.69) is 35.4 Å². The first-order chi connectivity index (χ1) is 12.7. The Labute approximate surface area is 152 Å². The molecule has 3 aromatic rings. The number of hydroxylamine groups is 1. The lowest BCUT2D eigenvalue weighted by atomic mass is 10.1. The summed E-state index contributed by atoms with van der Waals surface area (Å²) in [5, 5.41) is 13.2. The third kappa shape index (κ3) is 4.59. The second-order valence-corrected chi connectivity index (χ2v) is 6.33. The van der Waals surface area contributed by atoms with Gasteiger partial charge in [-0.25, -0.2) is 5.48 Å². The lowest BCUT2D eigenvalue weighted by Crippen LogP contribution is -2.16. The van der Waals surface area contributed by atoms with Gasteiger partial charge in [-0.15, -0.1) is 0 Å². The Morgan fingerprint density at radius 1 is 1.15 bits per heavy atom. The molecule has 0 aliphatic heterocycles. The van der Waals surface area contributed by atoms with Gasteiger partial charge < -0.3 is 10.3 Å². The van der Waals surface area contributed by atoms with Crippen molar-refractivity contribution in [3.8, 4) is 0 Å². The first-order valence-corrected chi connectivity index (χ1v) is 8.64. The van der Waals surface area contributed by atoms with Gasteiger partial charge in [0.05, 0.1) is 0 Å². The Balaban J connectivity index is 1.46. The number of rotatable bonds is 7. The number of fused-ring (bicyclic) bond motifs is 1. The van der Waals surface area contributed by atoms with Gasteiger partial charge in [0.15, 0.2) is 0 Å². The van der Waals surface area contributed by atoms with Gasteiger partial charge in [0.25, 0.3) is 5.91 Å². The van der Waals surface area contributed by atoms with Crippen molar-refractivity contribution in [1.82, 2.24) is 15.8 Å². The summed E-state index contributed by atoms with van der Waals surface area (Å²) in [7, 11) is 0. The summed E-state index contributed by atoms with van der Waals surface area (Å²) in [6.45, 7) is 3.82. The highest BCUT2D eigenvalue weighted by molar-refractivity contribution is 5.90. The molecule has 0 atom stereocenters. The van der Waals surface area contributed by atoms with Gasteiger partial charge in [-0.1, -0.05) is 36.4 Å². The standard InChI is InChI=1S/C21H23N3O2/c1-15-13-23-20-12-17(6-8-19(15)20)10-11-22-14-18-4-2-16(3-5-18)7-9-21(25)24-26/h2-9,12-13,22-23,26H,10-11,14H2,1H3,(H,24,25)/b9-7+. The van der Waals surface area contributed by atoms with E-state index in [0.717, 1.165) is 25.1 Å². The summed E-state index contributed by atoms with van der Waals surface area (Å²) in [6, 6.07) is 14.5. The average Bonchev–Trinajstić information content (AvgIpc) is 3.04. The van der Waals surface area contributed by atoms with E-state index in [-0.39, 0.29) is 0 Å². The molecule has 26 heavy (non-hydrogen) atoms. The molecule has 0 aliphatic rings. The van der Waals surface area contributed by atoms with Gasteiger partial charge in [0.1, 0.15) is 0 Å². The van der Waals surface area contributed by atoms with Crippen molar-refractivity contribution in [3.05, 3.63) is 77.0 Å². The van der Waals surface area contributed by atoms with E-state index >= 15 is 0 Å². The molecule has 0 aliphatic carbocycles. The Morgan fingerprint density at radius 2 is 1.92 bits per heavy atom. The van der Waals surface area contributed by atoms with E-state index in [1.165, 1.54) is 33.7 Å².